The Morgan fingerprint density at radius 2 is 2.54 bits per heavy atom. The molecule has 1 N–H and O–H groups in total. The molecule has 72 valence electrons. The summed E-state index contributed by atoms with van der Waals surface area (Å²) in [5.41, 5.74) is 0. The molecule has 0 aliphatic carbocycles. The smallest absolute Gasteiger partial charge is 0.241 e. The molecule has 0 unspecified atom stereocenters. The van der Waals surface area contributed by atoms with Gasteiger partial charge in [0.1, 0.15) is 0 Å². The number of carbonyl (C=O) groups is 1. The number of carbonyl (C=O) groups excluding carboxylic acids is 1. The minimum Gasteiger partial charge on any atom is -0.352 e. The molecule has 0 saturated carbocycles. The molecule has 0 radical (unpaired) electrons. The molecule has 0 spiro atoms. The normalized spacial score (nSPS) is 9.69. The molecular formula is C8H13N3OS. The number of nitrogens with zero attached hydrogens (tertiary/aromatic N) is 2. The number of anilines is 1. The van der Waals surface area contributed by atoms with Gasteiger partial charge in [0.2, 0.25) is 5.91 Å². The molecule has 4 nitrogen and oxygen atoms in total. The Morgan fingerprint density at radius 3 is 3.08 bits per heavy atom. The highest BCUT2D eigenvalue weighted by molar-refractivity contribution is 7.13. The maximum atomic E-state index is 11.3. The van der Waals surface area contributed by atoms with Crippen molar-refractivity contribution in [1.29, 1.82) is 0 Å². The summed E-state index contributed by atoms with van der Waals surface area (Å²) < 4.78 is 0. The number of hydrogen-bond acceptors (Lipinski definition) is 4. The zero-order valence-electron chi connectivity index (χ0n) is 7.78. The van der Waals surface area contributed by atoms with Crippen LogP contribution in [-0.4, -0.2) is 35.9 Å². The first-order valence-corrected chi connectivity index (χ1v) is 4.99. The molecule has 1 rings (SSSR count). The minimum absolute atomic E-state index is 0.0812. The Hall–Kier alpha value is -1.10. The first-order chi connectivity index (χ1) is 6.24. The lowest BCUT2D eigenvalue weighted by Crippen LogP contribution is -2.31. The van der Waals surface area contributed by atoms with E-state index >= 15 is 0 Å². The molecule has 1 aromatic rings. The lowest BCUT2D eigenvalue weighted by atomic mass is 10.5. The molecule has 0 atom stereocenters. The summed E-state index contributed by atoms with van der Waals surface area (Å²) in [6.45, 7) is 3.00. The van der Waals surface area contributed by atoms with Crippen LogP contribution in [0.25, 0.3) is 0 Å². The van der Waals surface area contributed by atoms with E-state index in [4.69, 9.17) is 0 Å². The third-order valence-corrected chi connectivity index (χ3v) is 2.45. The lowest BCUT2D eigenvalue weighted by Gasteiger charge is -2.14. The van der Waals surface area contributed by atoms with Gasteiger partial charge in [-0.25, -0.2) is 4.98 Å². The van der Waals surface area contributed by atoms with Crippen LogP contribution in [0.3, 0.4) is 0 Å². The van der Waals surface area contributed by atoms with Gasteiger partial charge in [-0.1, -0.05) is 0 Å². The van der Waals surface area contributed by atoms with Gasteiger partial charge in [-0.2, -0.15) is 0 Å². The molecule has 0 aliphatic heterocycles. The third kappa shape index (κ3) is 3.02. The van der Waals surface area contributed by atoms with E-state index in [1.165, 1.54) is 11.3 Å². The van der Waals surface area contributed by atoms with Crippen molar-refractivity contribution in [3.63, 3.8) is 0 Å². The van der Waals surface area contributed by atoms with Crippen molar-refractivity contribution in [3.05, 3.63) is 11.6 Å². The number of aromatic nitrogens is 1. The van der Waals surface area contributed by atoms with Gasteiger partial charge in [0, 0.05) is 25.2 Å². The van der Waals surface area contributed by atoms with Crippen molar-refractivity contribution in [1.82, 2.24) is 9.88 Å². The topological polar surface area (TPSA) is 45.2 Å². The molecule has 0 fully saturated rings. The molecule has 1 amide bonds. The van der Waals surface area contributed by atoms with E-state index in [1.54, 1.807) is 18.1 Å². The van der Waals surface area contributed by atoms with Crippen LogP contribution in [0.4, 0.5) is 5.13 Å². The average molecular weight is 199 g/mol. The second-order valence-corrected chi connectivity index (χ2v) is 3.49. The summed E-state index contributed by atoms with van der Waals surface area (Å²) in [5, 5.41) is 5.62. The van der Waals surface area contributed by atoms with Crippen LogP contribution in [0.15, 0.2) is 11.6 Å². The van der Waals surface area contributed by atoms with Gasteiger partial charge >= 0.3 is 0 Å². The van der Waals surface area contributed by atoms with Gasteiger partial charge < -0.3 is 10.2 Å². The Morgan fingerprint density at radius 1 is 1.77 bits per heavy atom. The Labute approximate surface area is 81.6 Å². The van der Waals surface area contributed by atoms with Crippen molar-refractivity contribution < 1.29 is 4.79 Å². The van der Waals surface area contributed by atoms with Gasteiger partial charge in [-0.05, 0) is 6.92 Å². The summed E-state index contributed by atoms with van der Waals surface area (Å²) in [5.74, 6) is 0.0812. The second kappa shape index (κ2) is 4.81. The van der Waals surface area contributed by atoms with Crippen molar-refractivity contribution >= 4 is 22.4 Å². The van der Waals surface area contributed by atoms with Gasteiger partial charge in [-0.15, -0.1) is 11.3 Å². The number of nitrogens with one attached hydrogen (secondary N) is 1. The average Bonchev–Trinajstić information content (AvgIpc) is 2.65. The summed E-state index contributed by atoms with van der Waals surface area (Å²) in [4.78, 5) is 17.0. The Balaban J connectivity index is 2.31. The molecule has 1 heterocycles. The molecule has 0 bridgehead atoms. The molecule has 5 heteroatoms. The molecule has 0 aliphatic rings. The quantitative estimate of drug-likeness (QED) is 0.788. The Kier molecular flexibility index (Phi) is 3.70. The Bertz CT molecular complexity index is 260. The van der Waals surface area contributed by atoms with Crippen molar-refractivity contribution in [2.45, 2.75) is 6.92 Å². The van der Waals surface area contributed by atoms with E-state index in [2.05, 4.69) is 10.3 Å². The highest BCUT2D eigenvalue weighted by atomic mass is 32.1. The van der Waals surface area contributed by atoms with Gasteiger partial charge in [-0.3, -0.25) is 4.79 Å². The first kappa shape index (κ1) is 9.98. The van der Waals surface area contributed by atoms with Crippen LogP contribution in [-0.2, 0) is 4.79 Å². The summed E-state index contributed by atoms with van der Waals surface area (Å²) >= 11 is 1.49. The molecule has 0 aromatic carbocycles. The van der Waals surface area contributed by atoms with Gasteiger partial charge in [0.25, 0.3) is 0 Å². The number of rotatable bonds is 4. The largest absolute Gasteiger partial charge is 0.352 e. The molecule has 0 saturated heterocycles. The van der Waals surface area contributed by atoms with Crippen LogP contribution >= 0.6 is 11.3 Å². The minimum atomic E-state index is 0.0812. The maximum absolute atomic E-state index is 11.3. The van der Waals surface area contributed by atoms with Crippen LogP contribution in [0.1, 0.15) is 6.92 Å². The fraction of sp³-hybridized carbons (Fsp3) is 0.500. The highest BCUT2D eigenvalue weighted by Gasteiger charge is 2.05. The molecule has 1 aromatic heterocycles. The van der Waals surface area contributed by atoms with Gasteiger partial charge in [0.15, 0.2) is 5.13 Å². The zero-order valence-corrected chi connectivity index (χ0v) is 8.60. The molecular weight excluding hydrogens is 186 g/mol. The van der Waals surface area contributed by atoms with E-state index in [0.29, 0.717) is 6.54 Å². The fourth-order valence-corrected chi connectivity index (χ4v) is 1.30. The molecule has 13 heavy (non-hydrogen) atoms. The predicted octanol–water partition coefficient (Wildman–Crippen LogP) is 1.03. The van der Waals surface area contributed by atoms with Crippen LogP contribution in [0, 0.1) is 0 Å². The zero-order chi connectivity index (χ0) is 9.68. The SMILES string of the molecule is CCN(C)C(=O)CNc1nccs1. The monoisotopic (exact) mass is 199 g/mol. The number of likely N-dealkylation sites (N-methyl/N-ethyl adjacent to an activating group) is 1. The van der Waals surface area contributed by atoms with E-state index in [0.717, 1.165) is 11.7 Å². The summed E-state index contributed by atoms with van der Waals surface area (Å²) in [6.07, 6.45) is 1.71. The van der Waals surface area contributed by atoms with E-state index < -0.39 is 0 Å². The van der Waals surface area contributed by atoms with Crippen LogP contribution in [0.5, 0.6) is 0 Å². The standard InChI is InChI=1S/C8H13N3OS/c1-3-11(2)7(12)6-10-8-9-4-5-13-8/h4-5H,3,6H2,1-2H3,(H,9,10). The lowest BCUT2D eigenvalue weighted by molar-refractivity contribution is -0.127. The van der Waals surface area contributed by atoms with Crippen molar-refractivity contribution in [3.8, 4) is 0 Å². The van der Waals surface area contributed by atoms with E-state index in [9.17, 15) is 4.79 Å². The van der Waals surface area contributed by atoms with Crippen molar-refractivity contribution in [2.75, 3.05) is 25.5 Å². The van der Waals surface area contributed by atoms with Gasteiger partial charge in [0.05, 0.1) is 6.54 Å². The van der Waals surface area contributed by atoms with E-state index in [1.807, 2.05) is 12.3 Å². The number of thiazole rings is 1. The van der Waals surface area contributed by atoms with E-state index in [-0.39, 0.29) is 5.91 Å². The maximum Gasteiger partial charge on any atom is 0.241 e. The number of amides is 1. The van der Waals surface area contributed by atoms with Crippen LogP contribution < -0.4 is 5.32 Å². The summed E-state index contributed by atoms with van der Waals surface area (Å²) in [6, 6.07) is 0. The predicted molar refractivity (Wildman–Crippen MR) is 53.9 cm³/mol. The number of hydrogen-bond donors (Lipinski definition) is 1. The highest BCUT2D eigenvalue weighted by Crippen LogP contribution is 2.09. The van der Waals surface area contributed by atoms with Crippen molar-refractivity contribution in [2.24, 2.45) is 0 Å². The first-order valence-electron chi connectivity index (χ1n) is 4.11. The van der Waals surface area contributed by atoms with Crippen LogP contribution in [0.2, 0.25) is 0 Å². The second-order valence-electron chi connectivity index (χ2n) is 2.60. The summed E-state index contributed by atoms with van der Waals surface area (Å²) in [7, 11) is 1.78. The third-order valence-electron chi connectivity index (χ3n) is 1.72. The fourth-order valence-electron chi connectivity index (χ4n) is 0.773.